The van der Waals surface area contributed by atoms with Gasteiger partial charge in [0.1, 0.15) is 0 Å². The summed E-state index contributed by atoms with van der Waals surface area (Å²) in [5, 5.41) is 0. The predicted molar refractivity (Wildman–Crippen MR) is 104 cm³/mol. The minimum atomic E-state index is 0.192. The van der Waals surface area contributed by atoms with E-state index in [0.717, 1.165) is 49.9 Å². The average Bonchev–Trinajstić information content (AvgIpc) is 3.10. The largest absolute Gasteiger partial charge is 0.336 e. The molecule has 2 atom stereocenters. The maximum atomic E-state index is 13.3. The molecule has 26 heavy (non-hydrogen) atoms. The van der Waals surface area contributed by atoms with Crippen LogP contribution in [0.5, 0.6) is 0 Å². The standard InChI is InChI=1S/C23H24N2O/c1-23-11-13-25(19(15-23)8-6-16-4-2-3-5-20(16)23)22(26)18-7-9-21-17(14-18)10-12-24-21/h2-5,7,9,12,14,19H,6,8,10-11,13,15H2,1H3. The predicted octanol–water partition coefficient (Wildman–Crippen LogP) is 4.45. The number of amides is 1. The number of rotatable bonds is 1. The highest BCUT2D eigenvalue weighted by molar-refractivity contribution is 5.96. The smallest absolute Gasteiger partial charge is 0.254 e. The fraction of sp³-hybridized carbons (Fsp3) is 0.391. The Bertz CT molecular complexity index is 916. The Hall–Kier alpha value is -2.42. The lowest BCUT2D eigenvalue weighted by molar-refractivity contribution is 0.0519. The molecule has 1 amide bonds. The van der Waals surface area contributed by atoms with Crippen LogP contribution in [0.2, 0.25) is 0 Å². The van der Waals surface area contributed by atoms with E-state index in [0.29, 0.717) is 6.04 Å². The molecule has 3 nitrogen and oxygen atoms in total. The van der Waals surface area contributed by atoms with Crippen molar-refractivity contribution in [2.75, 3.05) is 6.54 Å². The second kappa shape index (κ2) is 5.80. The van der Waals surface area contributed by atoms with Gasteiger partial charge in [-0.05, 0) is 66.0 Å². The molecule has 132 valence electrons. The summed E-state index contributed by atoms with van der Waals surface area (Å²) in [6, 6.07) is 15.2. The molecule has 0 spiro atoms. The molecule has 2 heterocycles. The summed E-state index contributed by atoms with van der Waals surface area (Å²) < 4.78 is 0. The van der Waals surface area contributed by atoms with Gasteiger partial charge >= 0.3 is 0 Å². The molecule has 0 N–H and O–H groups in total. The highest BCUT2D eigenvalue weighted by Gasteiger charge is 2.42. The van der Waals surface area contributed by atoms with Crippen molar-refractivity contribution >= 4 is 17.8 Å². The summed E-state index contributed by atoms with van der Waals surface area (Å²) in [5.41, 5.74) is 6.18. The van der Waals surface area contributed by atoms with Crippen LogP contribution in [0.4, 0.5) is 5.69 Å². The molecule has 0 aromatic heterocycles. The van der Waals surface area contributed by atoms with Crippen LogP contribution in [0.25, 0.3) is 0 Å². The van der Waals surface area contributed by atoms with Crippen LogP contribution < -0.4 is 0 Å². The molecule has 2 bridgehead atoms. The van der Waals surface area contributed by atoms with Crippen molar-refractivity contribution in [1.82, 2.24) is 4.90 Å². The molecule has 0 radical (unpaired) electrons. The van der Waals surface area contributed by atoms with E-state index in [-0.39, 0.29) is 11.3 Å². The van der Waals surface area contributed by atoms with Crippen molar-refractivity contribution in [3.05, 3.63) is 64.7 Å². The van der Waals surface area contributed by atoms with Crippen molar-refractivity contribution in [2.45, 2.75) is 50.5 Å². The van der Waals surface area contributed by atoms with E-state index in [1.165, 1.54) is 16.7 Å². The number of hydrogen-bond acceptors (Lipinski definition) is 2. The zero-order valence-corrected chi connectivity index (χ0v) is 15.2. The highest BCUT2D eigenvalue weighted by Crippen LogP contribution is 2.43. The van der Waals surface area contributed by atoms with Gasteiger partial charge in [0.15, 0.2) is 0 Å². The number of carbonyl (C=O) groups is 1. The van der Waals surface area contributed by atoms with E-state index in [9.17, 15) is 4.79 Å². The highest BCUT2D eigenvalue weighted by atomic mass is 16.2. The van der Waals surface area contributed by atoms with Crippen LogP contribution in [0.3, 0.4) is 0 Å². The van der Waals surface area contributed by atoms with Gasteiger partial charge in [-0.2, -0.15) is 0 Å². The number of piperidine rings is 1. The Morgan fingerprint density at radius 2 is 2.08 bits per heavy atom. The maximum Gasteiger partial charge on any atom is 0.254 e. The lowest BCUT2D eigenvalue weighted by Gasteiger charge is -2.44. The maximum absolute atomic E-state index is 13.3. The number of carbonyl (C=O) groups excluding carboxylic acids is 1. The van der Waals surface area contributed by atoms with Gasteiger partial charge in [0.25, 0.3) is 5.91 Å². The van der Waals surface area contributed by atoms with Gasteiger partial charge in [0.2, 0.25) is 0 Å². The number of benzene rings is 2. The molecule has 2 aliphatic heterocycles. The number of nitrogens with zero attached hydrogens (tertiary/aromatic N) is 2. The van der Waals surface area contributed by atoms with Crippen LogP contribution in [0.1, 0.15) is 53.2 Å². The van der Waals surface area contributed by atoms with Crippen molar-refractivity contribution in [3.8, 4) is 0 Å². The van der Waals surface area contributed by atoms with Crippen LogP contribution in [-0.2, 0) is 18.3 Å². The summed E-state index contributed by atoms with van der Waals surface area (Å²) in [6.07, 6.45) is 7.01. The van der Waals surface area contributed by atoms with E-state index in [1.54, 1.807) is 0 Å². The molecule has 1 fully saturated rings. The molecule has 3 aliphatic rings. The van der Waals surface area contributed by atoms with Gasteiger partial charge in [-0.15, -0.1) is 0 Å². The number of aliphatic imine (C=N–C) groups is 1. The second-order valence-corrected chi connectivity index (χ2v) is 8.22. The molecular formula is C23H24N2O. The summed E-state index contributed by atoms with van der Waals surface area (Å²) in [6.45, 7) is 3.24. The molecule has 2 unspecified atom stereocenters. The molecule has 1 saturated heterocycles. The molecule has 1 aliphatic carbocycles. The topological polar surface area (TPSA) is 32.7 Å². The Morgan fingerprint density at radius 3 is 3.00 bits per heavy atom. The van der Waals surface area contributed by atoms with Gasteiger partial charge < -0.3 is 4.90 Å². The van der Waals surface area contributed by atoms with E-state index in [1.807, 2.05) is 24.4 Å². The van der Waals surface area contributed by atoms with Gasteiger partial charge in [-0.25, -0.2) is 0 Å². The Kier molecular flexibility index (Phi) is 3.53. The van der Waals surface area contributed by atoms with Gasteiger partial charge in [-0.3, -0.25) is 9.79 Å². The van der Waals surface area contributed by atoms with Gasteiger partial charge in [0.05, 0.1) is 5.69 Å². The number of likely N-dealkylation sites (tertiary alicyclic amines) is 1. The fourth-order valence-corrected chi connectivity index (χ4v) is 5.12. The van der Waals surface area contributed by atoms with Crippen LogP contribution in [-0.4, -0.2) is 29.6 Å². The summed E-state index contributed by atoms with van der Waals surface area (Å²) in [5.74, 6) is 0.192. The minimum absolute atomic E-state index is 0.192. The Balaban J connectivity index is 1.44. The van der Waals surface area contributed by atoms with Crippen molar-refractivity contribution in [1.29, 1.82) is 0 Å². The fourth-order valence-electron chi connectivity index (χ4n) is 5.12. The Morgan fingerprint density at radius 1 is 1.19 bits per heavy atom. The number of hydrogen-bond donors (Lipinski definition) is 0. The minimum Gasteiger partial charge on any atom is -0.336 e. The van der Waals surface area contributed by atoms with Crippen LogP contribution in [0.15, 0.2) is 47.5 Å². The van der Waals surface area contributed by atoms with Gasteiger partial charge in [-0.1, -0.05) is 31.2 Å². The zero-order chi connectivity index (χ0) is 17.7. The summed E-state index contributed by atoms with van der Waals surface area (Å²) >= 11 is 0. The van der Waals surface area contributed by atoms with E-state index in [4.69, 9.17) is 0 Å². The number of fused-ring (bicyclic) bond motifs is 5. The van der Waals surface area contributed by atoms with E-state index >= 15 is 0 Å². The molecule has 5 rings (SSSR count). The first-order chi connectivity index (χ1) is 12.6. The molecule has 3 heteroatoms. The van der Waals surface area contributed by atoms with E-state index in [2.05, 4.69) is 41.1 Å². The molecular weight excluding hydrogens is 320 g/mol. The lowest BCUT2D eigenvalue weighted by atomic mass is 9.72. The normalized spacial score (nSPS) is 26.2. The average molecular weight is 344 g/mol. The quantitative estimate of drug-likeness (QED) is 0.752. The first kappa shape index (κ1) is 15.8. The first-order valence-electron chi connectivity index (χ1n) is 9.69. The third-order valence-electron chi connectivity index (χ3n) is 6.57. The van der Waals surface area contributed by atoms with E-state index < -0.39 is 0 Å². The van der Waals surface area contributed by atoms with Crippen molar-refractivity contribution < 1.29 is 4.79 Å². The summed E-state index contributed by atoms with van der Waals surface area (Å²) in [4.78, 5) is 19.8. The van der Waals surface area contributed by atoms with Crippen molar-refractivity contribution in [3.63, 3.8) is 0 Å². The first-order valence-corrected chi connectivity index (χ1v) is 9.69. The number of aryl methyl sites for hydroxylation is 1. The van der Waals surface area contributed by atoms with Crippen LogP contribution >= 0.6 is 0 Å². The van der Waals surface area contributed by atoms with Gasteiger partial charge in [0, 0.05) is 30.8 Å². The second-order valence-electron chi connectivity index (χ2n) is 8.22. The lowest BCUT2D eigenvalue weighted by Crippen LogP contribution is -2.49. The SMILES string of the molecule is CC12CCN(C(=O)c3ccc4c(c3)CC=N4)C(CCc3ccccc31)C2. The summed E-state index contributed by atoms with van der Waals surface area (Å²) in [7, 11) is 0. The Labute approximate surface area is 154 Å². The van der Waals surface area contributed by atoms with Crippen LogP contribution in [0, 0.1) is 0 Å². The third-order valence-corrected chi connectivity index (χ3v) is 6.57. The third kappa shape index (κ3) is 2.41. The molecule has 2 aromatic rings. The monoisotopic (exact) mass is 344 g/mol. The van der Waals surface area contributed by atoms with Crippen molar-refractivity contribution in [2.24, 2.45) is 4.99 Å². The molecule has 2 aromatic carbocycles. The molecule has 0 saturated carbocycles. The zero-order valence-electron chi connectivity index (χ0n) is 15.2.